The summed E-state index contributed by atoms with van der Waals surface area (Å²) in [6.45, 7) is 1.51. The summed E-state index contributed by atoms with van der Waals surface area (Å²) in [6.07, 6.45) is -4.39. The maximum Gasteiger partial charge on any atom is 0.419 e. The number of hydrogen-bond acceptors (Lipinski definition) is 5. The lowest BCUT2D eigenvalue weighted by Gasteiger charge is -2.30. The Morgan fingerprint density at radius 2 is 1.91 bits per heavy atom. The summed E-state index contributed by atoms with van der Waals surface area (Å²) < 4.78 is 57.4. The van der Waals surface area contributed by atoms with Gasteiger partial charge in [0.1, 0.15) is 5.82 Å². The van der Waals surface area contributed by atoms with E-state index in [1.807, 2.05) is 4.90 Å². The molecule has 0 saturated carbocycles. The van der Waals surface area contributed by atoms with Gasteiger partial charge in [-0.05, 0) is 35.9 Å². The number of carbonyl (C=O) groups excluding carboxylic acids is 2. The minimum absolute atomic E-state index is 0.115. The number of ether oxygens (including phenoxy) is 1. The molecular formula is C22H19F4N3O3. The van der Waals surface area contributed by atoms with Crippen LogP contribution in [-0.2, 0) is 22.3 Å². The van der Waals surface area contributed by atoms with Gasteiger partial charge in [0.2, 0.25) is 0 Å². The van der Waals surface area contributed by atoms with Crippen molar-refractivity contribution >= 4 is 23.3 Å². The predicted octanol–water partition coefficient (Wildman–Crippen LogP) is 3.86. The second-order valence-corrected chi connectivity index (χ2v) is 7.63. The molecule has 0 aliphatic carbocycles. The molecule has 2 heterocycles. The average Bonchev–Trinajstić information content (AvgIpc) is 3.09. The van der Waals surface area contributed by atoms with Crippen LogP contribution < -0.4 is 5.01 Å². The van der Waals surface area contributed by atoms with Crippen LogP contribution in [0.4, 0.5) is 23.2 Å². The standard InChI is InChI=1S/C22H19F4N3O3/c1-32-21(31)14-4-2-13(3-5-14)11-28-9-8-19-16(12-28)20(30)29(27-19)15-6-7-18(23)17(10-15)22(24,25)26/h2-7,10,16H,8-9,11-12H2,1H3. The van der Waals surface area contributed by atoms with Crippen molar-refractivity contribution in [3.8, 4) is 0 Å². The van der Waals surface area contributed by atoms with E-state index in [9.17, 15) is 27.2 Å². The summed E-state index contributed by atoms with van der Waals surface area (Å²) >= 11 is 0. The van der Waals surface area contributed by atoms with E-state index in [4.69, 9.17) is 0 Å². The Morgan fingerprint density at radius 1 is 1.19 bits per heavy atom. The van der Waals surface area contributed by atoms with E-state index in [1.165, 1.54) is 7.11 Å². The number of anilines is 1. The highest BCUT2D eigenvalue weighted by Crippen LogP contribution is 2.36. The summed E-state index contributed by atoms with van der Waals surface area (Å²) in [6, 6.07) is 9.34. The number of hydrazone groups is 1. The third-order valence-electron chi connectivity index (χ3n) is 5.54. The zero-order valence-electron chi connectivity index (χ0n) is 17.0. The molecule has 2 aliphatic heterocycles. The number of benzene rings is 2. The fourth-order valence-corrected chi connectivity index (χ4v) is 3.88. The molecule has 6 nitrogen and oxygen atoms in total. The predicted molar refractivity (Wildman–Crippen MR) is 107 cm³/mol. The number of alkyl halides is 3. The molecule has 2 aromatic rings. The first-order valence-electron chi connectivity index (χ1n) is 9.85. The molecule has 1 saturated heterocycles. The molecule has 1 unspecified atom stereocenters. The lowest BCUT2D eigenvalue weighted by Crippen LogP contribution is -2.43. The Balaban J connectivity index is 1.47. The van der Waals surface area contributed by atoms with Crippen LogP contribution in [0.1, 0.15) is 27.9 Å². The Bertz CT molecular complexity index is 1080. The largest absolute Gasteiger partial charge is 0.465 e. The van der Waals surface area contributed by atoms with E-state index in [2.05, 4.69) is 9.84 Å². The third-order valence-corrected chi connectivity index (χ3v) is 5.54. The quantitative estimate of drug-likeness (QED) is 0.526. The molecule has 10 heteroatoms. The number of rotatable bonds is 4. The lowest BCUT2D eigenvalue weighted by atomic mass is 9.95. The monoisotopic (exact) mass is 449 g/mol. The summed E-state index contributed by atoms with van der Waals surface area (Å²) in [5.74, 6) is -2.84. The number of methoxy groups -OCH3 is 1. The van der Waals surface area contributed by atoms with E-state index < -0.39 is 35.4 Å². The topological polar surface area (TPSA) is 62.2 Å². The number of amides is 1. The fraction of sp³-hybridized carbons (Fsp3) is 0.318. The van der Waals surface area contributed by atoms with Crippen LogP contribution in [0.5, 0.6) is 0 Å². The van der Waals surface area contributed by atoms with Gasteiger partial charge in [-0.1, -0.05) is 12.1 Å². The number of fused-ring (bicyclic) bond motifs is 1. The number of likely N-dealkylation sites (tertiary alicyclic amines) is 1. The number of esters is 1. The van der Waals surface area contributed by atoms with Crippen LogP contribution in [0.15, 0.2) is 47.6 Å². The smallest absolute Gasteiger partial charge is 0.419 e. The molecule has 168 valence electrons. The van der Waals surface area contributed by atoms with Gasteiger partial charge in [0, 0.05) is 26.1 Å². The molecule has 0 radical (unpaired) electrons. The van der Waals surface area contributed by atoms with Crippen molar-refractivity contribution in [3.05, 3.63) is 65.0 Å². The van der Waals surface area contributed by atoms with Crippen molar-refractivity contribution in [1.29, 1.82) is 0 Å². The van der Waals surface area contributed by atoms with Crippen LogP contribution in [0, 0.1) is 11.7 Å². The zero-order valence-corrected chi connectivity index (χ0v) is 17.0. The van der Waals surface area contributed by atoms with Crippen molar-refractivity contribution in [1.82, 2.24) is 4.90 Å². The first kappa shape index (κ1) is 21.9. The second kappa shape index (κ2) is 8.34. The van der Waals surface area contributed by atoms with Gasteiger partial charge >= 0.3 is 12.1 Å². The van der Waals surface area contributed by atoms with Crippen LogP contribution in [0.25, 0.3) is 0 Å². The van der Waals surface area contributed by atoms with Gasteiger partial charge < -0.3 is 4.74 Å². The van der Waals surface area contributed by atoms with Gasteiger partial charge in [0.05, 0.1) is 35.6 Å². The van der Waals surface area contributed by atoms with Crippen molar-refractivity contribution in [2.45, 2.75) is 19.1 Å². The van der Waals surface area contributed by atoms with Crippen molar-refractivity contribution < 1.29 is 31.9 Å². The highest BCUT2D eigenvalue weighted by atomic mass is 19.4. The van der Waals surface area contributed by atoms with Gasteiger partial charge in [-0.15, -0.1) is 0 Å². The number of hydrogen-bond donors (Lipinski definition) is 0. The molecule has 32 heavy (non-hydrogen) atoms. The molecule has 0 bridgehead atoms. The molecule has 2 aromatic carbocycles. The molecule has 1 amide bonds. The van der Waals surface area contributed by atoms with Crippen molar-refractivity contribution in [2.75, 3.05) is 25.2 Å². The fourth-order valence-electron chi connectivity index (χ4n) is 3.88. The van der Waals surface area contributed by atoms with E-state index in [0.29, 0.717) is 49.5 Å². The van der Waals surface area contributed by atoms with Crippen molar-refractivity contribution in [3.63, 3.8) is 0 Å². The molecule has 1 atom stereocenters. The van der Waals surface area contributed by atoms with Gasteiger partial charge in [-0.2, -0.15) is 18.3 Å². The second-order valence-electron chi connectivity index (χ2n) is 7.63. The van der Waals surface area contributed by atoms with E-state index >= 15 is 0 Å². The van der Waals surface area contributed by atoms with Crippen LogP contribution in [-0.4, -0.2) is 42.7 Å². The maximum absolute atomic E-state index is 13.6. The van der Waals surface area contributed by atoms with Gasteiger partial charge in [-0.3, -0.25) is 9.69 Å². The minimum Gasteiger partial charge on any atom is -0.465 e. The van der Waals surface area contributed by atoms with E-state index in [-0.39, 0.29) is 5.69 Å². The summed E-state index contributed by atoms with van der Waals surface area (Å²) in [5.41, 5.74) is 0.424. The highest BCUT2D eigenvalue weighted by Gasteiger charge is 2.41. The van der Waals surface area contributed by atoms with Crippen LogP contribution >= 0.6 is 0 Å². The van der Waals surface area contributed by atoms with Gasteiger partial charge in [-0.25, -0.2) is 14.2 Å². The molecule has 2 aliphatic rings. The van der Waals surface area contributed by atoms with E-state index in [0.717, 1.165) is 16.6 Å². The summed E-state index contributed by atoms with van der Waals surface area (Å²) in [7, 11) is 1.31. The highest BCUT2D eigenvalue weighted by molar-refractivity contribution is 6.16. The Morgan fingerprint density at radius 3 is 2.56 bits per heavy atom. The molecular weight excluding hydrogens is 430 g/mol. The van der Waals surface area contributed by atoms with Gasteiger partial charge in [0.25, 0.3) is 5.91 Å². The SMILES string of the molecule is COC(=O)c1ccc(CN2CCC3=NN(c4ccc(F)c(C(F)(F)F)c4)C(=O)C3C2)cc1. The normalized spacial score (nSPS) is 19.0. The summed E-state index contributed by atoms with van der Waals surface area (Å²) in [5, 5.41) is 5.16. The number of halogens is 4. The Kier molecular flexibility index (Phi) is 5.72. The van der Waals surface area contributed by atoms with Crippen LogP contribution in [0.3, 0.4) is 0 Å². The molecule has 0 N–H and O–H groups in total. The molecule has 1 fully saturated rings. The van der Waals surface area contributed by atoms with Crippen molar-refractivity contribution in [2.24, 2.45) is 11.0 Å². The average molecular weight is 449 g/mol. The number of carbonyl (C=O) groups is 2. The number of nitrogens with zero attached hydrogens (tertiary/aromatic N) is 3. The molecule has 4 rings (SSSR count). The zero-order chi connectivity index (χ0) is 23.0. The lowest BCUT2D eigenvalue weighted by molar-refractivity contribution is -0.140. The van der Waals surface area contributed by atoms with Crippen LogP contribution in [0.2, 0.25) is 0 Å². The molecule has 0 spiro atoms. The maximum atomic E-state index is 13.6. The number of piperidine rings is 1. The first-order valence-corrected chi connectivity index (χ1v) is 9.85. The Labute approximate surface area is 181 Å². The minimum atomic E-state index is -4.87. The molecule has 0 aromatic heterocycles. The summed E-state index contributed by atoms with van der Waals surface area (Å²) in [4.78, 5) is 26.5. The third kappa shape index (κ3) is 4.22. The van der Waals surface area contributed by atoms with E-state index in [1.54, 1.807) is 24.3 Å². The van der Waals surface area contributed by atoms with Gasteiger partial charge in [0.15, 0.2) is 0 Å². The first-order chi connectivity index (χ1) is 15.2. The Hall–Kier alpha value is -3.27.